The lowest BCUT2D eigenvalue weighted by Crippen LogP contribution is -2.25. The minimum atomic E-state index is 0. The number of aryl methyl sites for hydroxylation is 2. The van der Waals surface area contributed by atoms with Gasteiger partial charge in [-0.1, -0.05) is 0 Å². The Morgan fingerprint density at radius 2 is 2.20 bits per heavy atom. The maximum atomic E-state index is 11.5. The molecule has 1 rings (SSSR count). The highest BCUT2D eigenvalue weighted by molar-refractivity contribution is 7.14. The lowest BCUT2D eigenvalue weighted by Gasteiger charge is -2.00. The van der Waals surface area contributed by atoms with Gasteiger partial charge >= 0.3 is 0 Å². The van der Waals surface area contributed by atoms with E-state index >= 15 is 0 Å². The van der Waals surface area contributed by atoms with E-state index in [1.165, 1.54) is 21.8 Å². The van der Waals surface area contributed by atoms with Crippen LogP contribution in [-0.4, -0.2) is 19.0 Å². The molecule has 1 amide bonds. The Morgan fingerprint density at radius 3 is 2.67 bits per heavy atom. The number of halogens is 1. The monoisotopic (exact) mass is 248 g/mol. The highest BCUT2D eigenvalue weighted by Gasteiger charge is 2.08. The van der Waals surface area contributed by atoms with Crippen molar-refractivity contribution in [1.82, 2.24) is 5.32 Å². The van der Waals surface area contributed by atoms with Gasteiger partial charge in [-0.2, -0.15) is 0 Å². The first kappa shape index (κ1) is 14.4. The van der Waals surface area contributed by atoms with Crippen molar-refractivity contribution in [3.8, 4) is 0 Å². The van der Waals surface area contributed by atoms with Crippen molar-refractivity contribution < 1.29 is 4.79 Å². The SMILES string of the molecule is Cc1cc(C(=O)NCCCN)sc1C.Cl. The molecule has 0 aromatic carbocycles. The normalized spacial score (nSPS) is 9.53. The number of hydrogen-bond acceptors (Lipinski definition) is 3. The average Bonchev–Trinajstić information content (AvgIpc) is 2.47. The van der Waals surface area contributed by atoms with E-state index in [9.17, 15) is 4.79 Å². The summed E-state index contributed by atoms with van der Waals surface area (Å²) in [5, 5.41) is 2.83. The Balaban J connectivity index is 0.00000196. The highest BCUT2D eigenvalue weighted by atomic mass is 35.5. The summed E-state index contributed by atoms with van der Waals surface area (Å²) >= 11 is 1.54. The number of nitrogens with two attached hydrogens (primary N) is 1. The van der Waals surface area contributed by atoms with Crippen LogP contribution < -0.4 is 11.1 Å². The van der Waals surface area contributed by atoms with Gasteiger partial charge < -0.3 is 11.1 Å². The van der Waals surface area contributed by atoms with Crippen LogP contribution >= 0.6 is 23.7 Å². The standard InChI is InChI=1S/C10H16N2OS.ClH/c1-7-6-9(14-8(7)2)10(13)12-5-3-4-11;/h6H,3-5,11H2,1-2H3,(H,12,13);1H. The maximum absolute atomic E-state index is 11.5. The van der Waals surface area contributed by atoms with Crippen LogP contribution in [0.5, 0.6) is 0 Å². The molecule has 0 aliphatic rings. The molecule has 0 saturated heterocycles. The molecule has 1 heterocycles. The number of amides is 1. The van der Waals surface area contributed by atoms with Gasteiger partial charge in [0, 0.05) is 11.4 Å². The van der Waals surface area contributed by atoms with Gasteiger partial charge in [0.15, 0.2) is 0 Å². The average molecular weight is 249 g/mol. The smallest absolute Gasteiger partial charge is 0.261 e. The molecular formula is C10H17ClN2OS. The van der Waals surface area contributed by atoms with Crippen LogP contribution in [-0.2, 0) is 0 Å². The summed E-state index contributed by atoms with van der Waals surface area (Å²) in [6, 6.07) is 1.93. The Kier molecular flexibility index (Phi) is 6.56. The lowest BCUT2D eigenvalue weighted by atomic mass is 10.3. The van der Waals surface area contributed by atoms with E-state index in [-0.39, 0.29) is 18.3 Å². The molecule has 0 radical (unpaired) electrons. The number of carbonyl (C=O) groups is 1. The van der Waals surface area contributed by atoms with E-state index in [4.69, 9.17) is 5.73 Å². The highest BCUT2D eigenvalue weighted by Crippen LogP contribution is 2.20. The topological polar surface area (TPSA) is 55.1 Å². The fourth-order valence-electron chi connectivity index (χ4n) is 1.08. The van der Waals surface area contributed by atoms with Gasteiger partial charge in [-0.25, -0.2) is 0 Å². The van der Waals surface area contributed by atoms with Crippen molar-refractivity contribution in [2.45, 2.75) is 20.3 Å². The van der Waals surface area contributed by atoms with Gasteiger partial charge in [0.05, 0.1) is 4.88 Å². The van der Waals surface area contributed by atoms with Crippen LogP contribution in [0.15, 0.2) is 6.07 Å². The minimum Gasteiger partial charge on any atom is -0.351 e. The molecule has 3 N–H and O–H groups in total. The van der Waals surface area contributed by atoms with Crippen LogP contribution in [0, 0.1) is 13.8 Å². The predicted molar refractivity (Wildman–Crippen MR) is 67.0 cm³/mol. The number of thiophene rings is 1. The summed E-state index contributed by atoms with van der Waals surface area (Å²) < 4.78 is 0. The van der Waals surface area contributed by atoms with Crippen LogP contribution in [0.1, 0.15) is 26.5 Å². The Bertz CT molecular complexity index is 306. The van der Waals surface area contributed by atoms with E-state index < -0.39 is 0 Å². The molecule has 15 heavy (non-hydrogen) atoms. The molecule has 1 aromatic heterocycles. The van der Waals surface area contributed by atoms with E-state index in [0.717, 1.165) is 11.3 Å². The van der Waals surface area contributed by atoms with E-state index in [1.54, 1.807) is 0 Å². The molecule has 3 nitrogen and oxygen atoms in total. The summed E-state index contributed by atoms with van der Waals surface area (Å²) in [5.41, 5.74) is 6.51. The number of hydrogen-bond donors (Lipinski definition) is 2. The van der Waals surface area contributed by atoms with Gasteiger partial charge in [-0.05, 0) is 38.4 Å². The van der Waals surface area contributed by atoms with Crippen molar-refractivity contribution in [2.75, 3.05) is 13.1 Å². The van der Waals surface area contributed by atoms with Gasteiger partial charge in [0.2, 0.25) is 0 Å². The Morgan fingerprint density at radius 1 is 1.53 bits per heavy atom. The molecule has 1 aromatic rings. The van der Waals surface area contributed by atoms with E-state index in [0.29, 0.717) is 13.1 Å². The van der Waals surface area contributed by atoms with Crippen molar-refractivity contribution >= 4 is 29.7 Å². The lowest BCUT2D eigenvalue weighted by molar-refractivity contribution is 0.0957. The molecule has 0 saturated carbocycles. The van der Waals surface area contributed by atoms with Gasteiger partial charge in [0.25, 0.3) is 5.91 Å². The third kappa shape index (κ3) is 4.20. The predicted octanol–water partition coefficient (Wildman–Crippen LogP) is 1.87. The maximum Gasteiger partial charge on any atom is 0.261 e. The first-order valence-electron chi connectivity index (χ1n) is 4.70. The van der Waals surface area contributed by atoms with Crippen LogP contribution in [0.3, 0.4) is 0 Å². The van der Waals surface area contributed by atoms with Crippen molar-refractivity contribution in [3.05, 3.63) is 21.4 Å². The van der Waals surface area contributed by atoms with Crippen LogP contribution in [0.25, 0.3) is 0 Å². The Hall–Kier alpha value is -0.580. The van der Waals surface area contributed by atoms with E-state index in [2.05, 4.69) is 5.32 Å². The zero-order valence-corrected chi connectivity index (χ0v) is 10.6. The number of carbonyl (C=O) groups excluding carboxylic acids is 1. The largest absolute Gasteiger partial charge is 0.351 e. The summed E-state index contributed by atoms with van der Waals surface area (Å²) in [5.74, 6) is 0.0136. The quantitative estimate of drug-likeness (QED) is 0.800. The van der Waals surface area contributed by atoms with Gasteiger partial charge in [-0.3, -0.25) is 4.79 Å². The molecular weight excluding hydrogens is 232 g/mol. The third-order valence-corrected chi connectivity index (χ3v) is 3.21. The van der Waals surface area contributed by atoms with Gasteiger partial charge in [-0.15, -0.1) is 23.7 Å². The molecule has 0 unspecified atom stereocenters. The number of rotatable bonds is 4. The molecule has 0 bridgehead atoms. The zero-order valence-electron chi connectivity index (χ0n) is 9.00. The number of nitrogens with one attached hydrogen (secondary N) is 1. The van der Waals surface area contributed by atoms with Gasteiger partial charge in [0.1, 0.15) is 0 Å². The molecule has 0 spiro atoms. The molecule has 5 heteroatoms. The van der Waals surface area contributed by atoms with Crippen molar-refractivity contribution in [2.24, 2.45) is 5.73 Å². The molecule has 0 atom stereocenters. The summed E-state index contributed by atoms with van der Waals surface area (Å²) in [6.07, 6.45) is 0.828. The minimum absolute atomic E-state index is 0. The first-order chi connectivity index (χ1) is 6.65. The van der Waals surface area contributed by atoms with Crippen LogP contribution in [0.4, 0.5) is 0 Å². The summed E-state index contributed by atoms with van der Waals surface area (Å²) in [4.78, 5) is 13.5. The molecule has 0 aliphatic heterocycles. The Labute approximate surface area is 100 Å². The van der Waals surface area contributed by atoms with Crippen molar-refractivity contribution in [3.63, 3.8) is 0 Å². The van der Waals surface area contributed by atoms with Crippen LogP contribution in [0.2, 0.25) is 0 Å². The zero-order chi connectivity index (χ0) is 10.6. The second kappa shape index (κ2) is 6.82. The second-order valence-corrected chi connectivity index (χ2v) is 4.50. The fraction of sp³-hybridized carbons (Fsp3) is 0.500. The van der Waals surface area contributed by atoms with Crippen molar-refractivity contribution in [1.29, 1.82) is 0 Å². The molecule has 0 aliphatic carbocycles. The molecule has 0 fully saturated rings. The molecule has 86 valence electrons. The first-order valence-corrected chi connectivity index (χ1v) is 5.52. The fourth-order valence-corrected chi connectivity index (χ4v) is 2.03. The van der Waals surface area contributed by atoms with E-state index in [1.807, 2.05) is 19.9 Å². The summed E-state index contributed by atoms with van der Waals surface area (Å²) in [6.45, 7) is 5.31. The third-order valence-electron chi connectivity index (χ3n) is 2.06. The second-order valence-electron chi connectivity index (χ2n) is 3.25. The summed E-state index contributed by atoms with van der Waals surface area (Å²) in [7, 11) is 0.